The van der Waals surface area contributed by atoms with Crippen LogP contribution in [-0.4, -0.2) is 4.57 Å². The SMILES string of the molecule is Cc1ccc(Cn2c(F)cccc2=O)cc1. The Balaban J connectivity index is 2.34. The van der Waals surface area contributed by atoms with E-state index >= 15 is 0 Å². The van der Waals surface area contributed by atoms with Crippen molar-refractivity contribution in [1.82, 2.24) is 4.57 Å². The standard InChI is InChI=1S/C13H12FNO/c1-10-5-7-11(8-6-10)9-15-12(14)3-2-4-13(15)16/h2-8H,9H2,1H3. The van der Waals surface area contributed by atoms with Gasteiger partial charge < -0.3 is 0 Å². The Morgan fingerprint density at radius 1 is 1.12 bits per heavy atom. The van der Waals surface area contributed by atoms with Crippen LogP contribution in [0.25, 0.3) is 0 Å². The topological polar surface area (TPSA) is 22.0 Å². The highest BCUT2D eigenvalue weighted by molar-refractivity contribution is 5.21. The third-order valence-corrected chi connectivity index (χ3v) is 2.46. The van der Waals surface area contributed by atoms with Crippen LogP contribution < -0.4 is 5.56 Å². The highest BCUT2D eigenvalue weighted by atomic mass is 19.1. The molecule has 0 saturated heterocycles. The molecular weight excluding hydrogens is 205 g/mol. The summed E-state index contributed by atoms with van der Waals surface area (Å²) in [7, 11) is 0. The first kappa shape index (κ1) is 10.6. The molecule has 0 saturated carbocycles. The van der Waals surface area contributed by atoms with Crippen molar-refractivity contribution in [3.63, 3.8) is 0 Å². The molecule has 0 spiro atoms. The van der Waals surface area contributed by atoms with Crippen LogP contribution in [0.5, 0.6) is 0 Å². The maximum absolute atomic E-state index is 13.4. The molecule has 0 amide bonds. The fourth-order valence-electron chi connectivity index (χ4n) is 1.52. The molecule has 0 N–H and O–H groups in total. The predicted octanol–water partition coefficient (Wildman–Crippen LogP) is 2.34. The van der Waals surface area contributed by atoms with Crippen molar-refractivity contribution in [2.75, 3.05) is 0 Å². The van der Waals surface area contributed by atoms with Gasteiger partial charge in [-0.3, -0.25) is 9.36 Å². The predicted molar refractivity (Wildman–Crippen MR) is 60.9 cm³/mol. The Hall–Kier alpha value is -1.90. The van der Waals surface area contributed by atoms with E-state index in [9.17, 15) is 9.18 Å². The number of hydrogen-bond acceptors (Lipinski definition) is 1. The maximum Gasteiger partial charge on any atom is 0.253 e. The molecule has 1 heterocycles. The van der Waals surface area contributed by atoms with Gasteiger partial charge >= 0.3 is 0 Å². The lowest BCUT2D eigenvalue weighted by atomic mass is 10.1. The first-order valence-corrected chi connectivity index (χ1v) is 5.08. The lowest BCUT2D eigenvalue weighted by molar-refractivity contribution is 0.495. The lowest BCUT2D eigenvalue weighted by Crippen LogP contribution is -2.22. The molecule has 0 atom stereocenters. The molecule has 16 heavy (non-hydrogen) atoms. The highest BCUT2D eigenvalue weighted by Gasteiger charge is 2.02. The van der Waals surface area contributed by atoms with Crippen molar-refractivity contribution in [2.24, 2.45) is 0 Å². The summed E-state index contributed by atoms with van der Waals surface area (Å²) >= 11 is 0. The van der Waals surface area contributed by atoms with Gasteiger partial charge in [0.15, 0.2) is 5.95 Å². The number of hydrogen-bond donors (Lipinski definition) is 0. The van der Waals surface area contributed by atoms with Gasteiger partial charge in [0, 0.05) is 6.07 Å². The van der Waals surface area contributed by atoms with E-state index in [1.54, 1.807) is 0 Å². The van der Waals surface area contributed by atoms with Gasteiger partial charge in [0.05, 0.1) is 6.54 Å². The average molecular weight is 217 g/mol. The summed E-state index contributed by atoms with van der Waals surface area (Å²) < 4.78 is 14.5. The second-order valence-corrected chi connectivity index (χ2v) is 3.76. The minimum absolute atomic E-state index is 0.270. The van der Waals surface area contributed by atoms with Crippen LogP contribution >= 0.6 is 0 Å². The number of aryl methyl sites for hydroxylation is 1. The summed E-state index contributed by atoms with van der Waals surface area (Å²) in [6.45, 7) is 2.25. The van der Waals surface area contributed by atoms with Crippen LogP contribution in [0.3, 0.4) is 0 Å². The maximum atomic E-state index is 13.4. The van der Waals surface area contributed by atoms with Gasteiger partial charge in [-0.05, 0) is 18.6 Å². The number of halogens is 1. The van der Waals surface area contributed by atoms with Crippen molar-refractivity contribution in [3.8, 4) is 0 Å². The second kappa shape index (κ2) is 4.31. The minimum Gasteiger partial charge on any atom is -0.280 e. The molecule has 0 unspecified atom stereocenters. The molecule has 1 aromatic heterocycles. The van der Waals surface area contributed by atoms with Crippen LogP contribution in [0, 0.1) is 12.9 Å². The number of aromatic nitrogens is 1. The van der Waals surface area contributed by atoms with Crippen molar-refractivity contribution in [2.45, 2.75) is 13.5 Å². The summed E-state index contributed by atoms with van der Waals surface area (Å²) in [4.78, 5) is 11.4. The number of pyridine rings is 1. The second-order valence-electron chi connectivity index (χ2n) is 3.76. The Bertz CT molecular complexity index is 543. The lowest BCUT2D eigenvalue weighted by Gasteiger charge is -2.06. The van der Waals surface area contributed by atoms with Gasteiger partial charge in [0.2, 0.25) is 0 Å². The Morgan fingerprint density at radius 2 is 1.81 bits per heavy atom. The first-order valence-electron chi connectivity index (χ1n) is 5.08. The van der Waals surface area contributed by atoms with E-state index in [2.05, 4.69) is 0 Å². The zero-order valence-corrected chi connectivity index (χ0v) is 8.98. The van der Waals surface area contributed by atoms with E-state index in [4.69, 9.17) is 0 Å². The number of nitrogens with zero attached hydrogens (tertiary/aromatic N) is 1. The highest BCUT2D eigenvalue weighted by Crippen LogP contribution is 2.05. The monoisotopic (exact) mass is 217 g/mol. The van der Waals surface area contributed by atoms with Crippen molar-refractivity contribution in [3.05, 3.63) is 69.9 Å². The third-order valence-electron chi connectivity index (χ3n) is 2.46. The van der Waals surface area contributed by atoms with E-state index in [-0.39, 0.29) is 12.1 Å². The van der Waals surface area contributed by atoms with E-state index in [0.29, 0.717) is 0 Å². The van der Waals surface area contributed by atoms with Crippen molar-refractivity contribution in [1.29, 1.82) is 0 Å². The van der Waals surface area contributed by atoms with Crippen LogP contribution in [0.2, 0.25) is 0 Å². The van der Waals surface area contributed by atoms with E-state index in [0.717, 1.165) is 15.7 Å². The molecule has 0 fully saturated rings. The summed E-state index contributed by atoms with van der Waals surface area (Å²) in [6, 6.07) is 11.8. The van der Waals surface area contributed by atoms with Gasteiger partial charge in [0.1, 0.15) is 0 Å². The van der Waals surface area contributed by atoms with Crippen LogP contribution in [0.1, 0.15) is 11.1 Å². The molecule has 82 valence electrons. The molecule has 2 aromatic rings. The number of benzene rings is 1. The average Bonchev–Trinajstić information content (AvgIpc) is 2.26. The summed E-state index contributed by atoms with van der Waals surface area (Å²) in [5, 5.41) is 0. The van der Waals surface area contributed by atoms with Gasteiger partial charge in [-0.2, -0.15) is 4.39 Å². The van der Waals surface area contributed by atoms with E-state index in [1.807, 2.05) is 31.2 Å². The van der Waals surface area contributed by atoms with Gasteiger partial charge in [0.25, 0.3) is 5.56 Å². The molecular formula is C13H12FNO. The normalized spacial score (nSPS) is 10.4. The Kier molecular flexibility index (Phi) is 2.86. The fourth-order valence-corrected chi connectivity index (χ4v) is 1.52. The molecule has 1 aromatic carbocycles. The molecule has 0 radical (unpaired) electrons. The van der Waals surface area contributed by atoms with Gasteiger partial charge in [-0.1, -0.05) is 35.9 Å². The number of rotatable bonds is 2. The van der Waals surface area contributed by atoms with Crippen molar-refractivity contribution >= 4 is 0 Å². The van der Waals surface area contributed by atoms with Crippen molar-refractivity contribution < 1.29 is 4.39 Å². The fraction of sp³-hybridized carbons (Fsp3) is 0.154. The van der Waals surface area contributed by atoms with Crippen LogP contribution in [-0.2, 0) is 6.54 Å². The largest absolute Gasteiger partial charge is 0.280 e. The Morgan fingerprint density at radius 3 is 2.44 bits per heavy atom. The smallest absolute Gasteiger partial charge is 0.253 e. The van der Waals surface area contributed by atoms with Gasteiger partial charge in [-0.25, -0.2) is 0 Å². The zero-order valence-electron chi connectivity index (χ0n) is 8.98. The molecule has 0 aliphatic carbocycles. The minimum atomic E-state index is -0.506. The molecule has 2 nitrogen and oxygen atoms in total. The van der Waals surface area contributed by atoms with Gasteiger partial charge in [-0.15, -0.1) is 0 Å². The molecule has 0 aliphatic rings. The summed E-state index contributed by atoms with van der Waals surface area (Å²) in [5.74, 6) is -0.506. The quantitative estimate of drug-likeness (QED) is 0.708. The van der Waals surface area contributed by atoms with E-state index in [1.165, 1.54) is 18.2 Å². The third kappa shape index (κ3) is 2.19. The van der Waals surface area contributed by atoms with E-state index < -0.39 is 5.95 Å². The molecule has 3 heteroatoms. The molecule has 0 aliphatic heterocycles. The molecule has 0 bridgehead atoms. The molecule has 2 rings (SSSR count). The summed E-state index contributed by atoms with van der Waals surface area (Å²) in [6.07, 6.45) is 0. The Labute approximate surface area is 93.0 Å². The first-order chi connectivity index (χ1) is 7.66. The van der Waals surface area contributed by atoms with Crippen LogP contribution in [0.15, 0.2) is 47.3 Å². The summed E-state index contributed by atoms with van der Waals surface area (Å²) in [5.41, 5.74) is 1.74. The zero-order chi connectivity index (χ0) is 11.5. The van der Waals surface area contributed by atoms with Crippen LogP contribution in [0.4, 0.5) is 4.39 Å².